The number of para-hydroxylation sites is 1. The lowest BCUT2D eigenvalue weighted by Gasteiger charge is -2.15. The van der Waals surface area contributed by atoms with E-state index in [-0.39, 0.29) is 13.2 Å². The molecule has 0 atom stereocenters. The van der Waals surface area contributed by atoms with Gasteiger partial charge in [-0.25, -0.2) is 0 Å². The number of nitrogens with one attached hydrogen (secondary N) is 1. The standard InChI is InChI=1S/C13H18N2O3/c1-3-10-6-4-5-7-11(10)14-12(17)13(18)15(2)8-9-16/h4-7,16H,3,8-9H2,1-2H3,(H,14,17). The Morgan fingerprint density at radius 1 is 1.33 bits per heavy atom. The van der Waals surface area contributed by atoms with Crippen LogP contribution in [0.1, 0.15) is 12.5 Å². The summed E-state index contributed by atoms with van der Waals surface area (Å²) >= 11 is 0. The summed E-state index contributed by atoms with van der Waals surface area (Å²) in [5.74, 6) is -1.35. The van der Waals surface area contributed by atoms with E-state index in [1.807, 2.05) is 19.1 Å². The highest BCUT2D eigenvalue weighted by atomic mass is 16.3. The Morgan fingerprint density at radius 3 is 2.61 bits per heavy atom. The highest BCUT2D eigenvalue weighted by Gasteiger charge is 2.18. The van der Waals surface area contributed by atoms with Gasteiger partial charge in [0.2, 0.25) is 0 Å². The smallest absolute Gasteiger partial charge is 0.313 e. The van der Waals surface area contributed by atoms with Crippen LogP contribution in [0.3, 0.4) is 0 Å². The van der Waals surface area contributed by atoms with Crippen molar-refractivity contribution in [3.63, 3.8) is 0 Å². The maximum absolute atomic E-state index is 11.7. The lowest BCUT2D eigenvalue weighted by atomic mass is 10.1. The van der Waals surface area contributed by atoms with Crippen LogP contribution in [-0.4, -0.2) is 42.0 Å². The van der Waals surface area contributed by atoms with Crippen molar-refractivity contribution < 1.29 is 14.7 Å². The second-order valence-electron chi connectivity index (χ2n) is 3.92. The fraction of sp³-hybridized carbons (Fsp3) is 0.385. The van der Waals surface area contributed by atoms with Crippen molar-refractivity contribution in [3.05, 3.63) is 29.8 Å². The zero-order chi connectivity index (χ0) is 13.5. The number of anilines is 1. The fourth-order valence-electron chi connectivity index (χ4n) is 1.55. The monoisotopic (exact) mass is 250 g/mol. The molecule has 0 aliphatic rings. The molecular weight excluding hydrogens is 232 g/mol. The molecule has 1 aromatic carbocycles. The largest absolute Gasteiger partial charge is 0.395 e. The van der Waals surface area contributed by atoms with Crippen molar-refractivity contribution in [3.8, 4) is 0 Å². The Hall–Kier alpha value is -1.88. The topological polar surface area (TPSA) is 69.6 Å². The number of likely N-dealkylation sites (N-methyl/N-ethyl adjacent to an activating group) is 1. The summed E-state index contributed by atoms with van der Waals surface area (Å²) in [5, 5.41) is 11.3. The summed E-state index contributed by atoms with van der Waals surface area (Å²) in [6, 6.07) is 7.35. The third-order valence-electron chi connectivity index (χ3n) is 2.62. The molecule has 1 aromatic rings. The number of aliphatic hydroxyl groups is 1. The van der Waals surface area contributed by atoms with Crippen LogP contribution in [0.4, 0.5) is 5.69 Å². The van der Waals surface area contributed by atoms with Gasteiger partial charge < -0.3 is 15.3 Å². The lowest BCUT2D eigenvalue weighted by Crippen LogP contribution is -2.38. The van der Waals surface area contributed by atoms with Crippen LogP contribution < -0.4 is 5.32 Å². The molecular formula is C13H18N2O3. The number of aryl methyl sites for hydroxylation is 1. The van der Waals surface area contributed by atoms with Crippen LogP contribution in [0, 0.1) is 0 Å². The third kappa shape index (κ3) is 3.56. The van der Waals surface area contributed by atoms with Gasteiger partial charge in [-0.15, -0.1) is 0 Å². The average Bonchev–Trinajstić information content (AvgIpc) is 2.38. The number of nitrogens with zero attached hydrogens (tertiary/aromatic N) is 1. The summed E-state index contributed by atoms with van der Waals surface area (Å²) in [5.41, 5.74) is 1.62. The first kappa shape index (κ1) is 14.2. The molecule has 0 saturated heterocycles. The summed E-state index contributed by atoms with van der Waals surface area (Å²) in [6.07, 6.45) is 0.775. The Balaban J connectivity index is 2.72. The van der Waals surface area contributed by atoms with Gasteiger partial charge in [-0.3, -0.25) is 9.59 Å². The van der Waals surface area contributed by atoms with Crippen molar-refractivity contribution >= 4 is 17.5 Å². The number of hydrogen-bond donors (Lipinski definition) is 2. The number of carbonyl (C=O) groups excluding carboxylic acids is 2. The quantitative estimate of drug-likeness (QED) is 0.770. The van der Waals surface area contributed by atoms with Crippen LogP contribution in [0.5, 0.6) is 0 Å². The first-order valence-corrected chi connectivity index (χ1v) is 5.85. The number of rotatable bonds is 4. The Labute approximate surface area is 106 Å². The second kappa shape index (κ2) is 6.76. The Kier molecular flexibility index (Phi) is 5.32. The SMILES string of the molecule is CCc1ccccc1NC(=O)C(=O)N(C)CCO. The van der Waals surface area contributed by atoms with Gasteiger partial charge in [0.15, 0.2) is 0 Å². The number of aliphatic hydroxyl groups excluding tert-OH is 1. The fourth-order valence-corrected chi connectivity index (χ4v) is 1.55. The molecule has 0 aliphatic heterocycles. The summed E-state index contributed by atoms with van der Waals surface area (Å²) in [6.45, 7) is 1.95. The van der Waals surface area contributed by atoms with Crippen molar-refractivity contribution in [2.45, 2.75) is 13.3 Å². The first-order valence-electron chi connectivity index (χ1n) is 5.85. The van der Waals surface area contributed by atoms with Gasteiger partial charge in [0.05, 0.1) is 6.61 Å². The molecule has 0 fully saturated rings. The molecule has 0 heterocycles. The minimum absolute atomic E-state index is 0.141. The summed E-state index contributed by atoms with van der Waals surface area (Å²) in [4.78, 5) is 24.5. The maximum atomic E-state index is 11.7. The maximum Gasteiger partial charge on any atom is 0.313 e. The van der Waals surface area contributed by atoms with E-state index < -0.39 is 11.8 Å². The van der Waals surface area contributed by atoms with Crippen LogP contribution in [0.2, 0.25) is 0 Å². The molecule has 5 heteroatoms. The first-order chi connectivity index (χ1) is 8.60. The molecule has 0 unspecified atom stereocenters. The average molecular weight is 250 g/mol. The lowest BCUT2D eigenvalue weighted by molar-refractivity contribution is -0.142. The van der Waals surface area contributed by atoms with E-state index in [1.54, 1.807) is 12.1 Å². The predicted molar refractivity (Wildman–Crippen MR) is 69.2 cm³/mol. The number of benzene rings is 1. The molecule has 2 N–H and O–H groups in total. The van der Waals surface area contributed by atoms with Gasteiger partial charge >= 0.3 is 11.8 Å². The molecule has 18 heavy (non-hydrogen) atoms. The van der Waals surface area contributed by atoms with Gasteiger partial charge in [-0.1, -0.05) is 25.1 Å². The molecule has 1 rings (SSSR count). The summed E-state index contributed by atoms with van der Waals surface area (Å²) in [7, 11) is 1.48. The van der Waals surface area contributed by atoms with Crippen LogP contribution in [0.25, 0.3) is 0 Å². The van der Waals surface area contributed by atoms with E-state index in [0.29, 0.717) is 5.69 Å². The van der Waals surface area contributed by atoms with Crippen molar-refractivity contribution in [1.82, 2.24) is 4.90 Å². The molecule has 0 spiro atoms. The number of carbonyl (C=O) groups is 2. The van der Waals surface area contributed by atoms with Crippen molar-refractivity contribution in [1.29, 1.82) is 0 Å². The minimum Gasteiger partial charge on any atom is -0.395 e. The molecule has 98 valence electrons. The zero-order valence-electron chi connectivity index (χ0n) is 10.6. The van der Waals surface area contributed by atoms with E-state index in [2.05, 4.69) is 5.32 Å². The summed E-state index contributed by atoms with van der Waals surface area (Å²) < 4.78 is 0. The van der Waals surface area contributed by atoms with Crippen LogP contribution in [-0.2, 0) is 16.0 Å². The van der Waals surface area contributed by atoms with E-state index in [9.17, 15) is 9.59 Å². The number of hydrogen-bond acceptors (Lipinski definition) is 3. The molecule has 5 nitrogen and oxygen atoms in total. The third-order valence-corrected chi connectivity index (χ3v) is 2.62. The van der Waals surface area contributed by atoms with Gasteiger partial charge in [0.1, 0.15) is 0 Å². The molecule has 0 bridgehead atoms. The molecule has 0 aliphatic carbocycles. The molecule has 2 amide bonds. The highest BCUT2D eigenvalue weighted by Crippen LogP contribution is 2.15. The van der Waals surface area contributed by atoms with Crippen molar-refractivity contribution in [2.75, 3.05) is 25.5 Å². The van der Waals surface area contributed by atoms with Gasteiger partial charge in [0.25, 0.3) is 0 Å². The Bertz CT molecular complexity index is 432. The molecule has 0 saturated carbocycles. The number of amides is 2. The van der Waals surface area contributed by atoms with Crippen LogP contribution >= 0.6 is 0 Å². The van der Waals surface area contributed by atoms with E-state index in [0.717, 1.165) is 12.0 Å². The van der Waals surface area contributed by atoms with Gasteiger partial charge in [-0.2, -0.15) is 0 Å². The molecule has 0 radical (unpaired) electrons. The zero-order valence-corrected chi connectivity index (χ0v) is 10.6. The van der Waals surface area contributed by atoms with Crippen LogP contribution in [0.15, 0.2) is 24.3 Å². The van der Waals surface area contributed by atoms with E-state index >= 15 is 0 Å². The van der Waals surface area contributed by atoms with Gasteiger partial charge in [-0.05, 0) is 18.1 Å². The highest BCUT2D eigenvalue weighted by molar-refractivity contribution is 6.39. The van der Waals surface area contributed by atoms with E-state index in [1.165, 1.54) is 11.9 Å². The predicted octanol–water partition coefficient (Wildman–Crippen LogP) is 0.638. The van der Waals surface area contributed by atoms with Gasteiger partial charge in [0, 0.05) is 19.3 Å². The minimum atomic E-state index is -0.688. The second-order valence-corrected chi connectivity index (χ2v) is 3.92. The van der Waals surface area contributed by atoms with Crippen molar-refractivity contribution in [2.24, 2.45) is 0 Å². The van der Waals surface area contributed by atoms with E-state index in [4.69, 9.17) is 5.11 Å². The normalized spacial score (nSPS) is 9.94. The Morgan fingerprint density at radius 2 is 2.00 bits per heavy atom. The molecule has 0 aromatic heterocycles.